The molecule has 0 aliphatic carbocycles. The number of carbonyl (C=O) groups is 2. The van der Waals surface area contributed by atoms with Gasteiger partial charge in [-0.05, 0) is 37.5 Å². The Morgan fingerprint density at radius 1 is 1.35 bits per heavy atom. The summed E-state index contributed by atoms with van der Waals surface area (Å²) in [6.45, 7) is 8.02. The van der Waals surface area contributed by atoms with E-state index in [1.807, 2.05) is 37.3 Å². The van der Waals surface area contributed by atoms with E-state index >= 15 is 0 Å². The maximum atomic E-state index is 13.4. The minimum Gasteiger partial charge on any atom is -0.481 e. The van der Waals surface area contributed by atoms with Gasteiger partial charge in [-0.25, -0.2) is 0 Å². The number of carboxylic acid groups (broad SMARTS) is 1. The highest BCUT2D eigenvalue weighted by atomic mass is 16.5. The number of hydrogen-bond donors (Lipinski definition) is 1. The number of aliphatic carboxylic acids is 1. The van der Waals surface area contributed by atoms with Crippen LogP contribution in [0.3, 0.4) is 0 Å². The third-order valence-corrected chi connectivity index (χ3v) is 5.87. The molecule has 5 heteroatoms. The highest BCUT2D eigenvalue weighted by molar-refractivity contribution is 6.03. The monoisotopic (exact) mass is 353 g/mol. The van der Waals surface area contributed by atoms with E-state index in [1.165, 1.54) is 5.56 Å². The predicted octanol–water partition coefficient (Wildman–Crippen LogP) is 2.95. The van der Waals surface area contributed by atoms with Gasteiger partial charge in [0.1, 0.15) is 11.5 Å². The molecule has 3 aliphatic rings. The van der Waals surface area contributed by atoms with Crippen molar-refractivity contribution in [2.75, 3.05) is 4.90 Å². The van der Waals surface area contributed by atoms with Crippen LogP contribution >= 0.6 is 0 Å². The Kier molecular flexibility index (Phi) is 3.81. The highest BCUT2D eigenvalue weighted by Gasteiger charge is 2.71. The lowest BCUT2D eigenvalue weighted by atomic mass is 9.74. The first-order valence-corrected chi connectivity index (χ1v) is 9.05. The van der Waals surface area contributed by atoms with E-state index in [2.05, 4.69) is 13.5 Å². The van der Waals surface area contributed by atoms with E-state index in [-0.39, 0.29) is 11.9 Å². The van der Waals surface area contributed by atoms with Crippen molar-refractivity contribution in [3.8, 4) is 0 Å². The van der Waals surface area contributed by atoms with Crippen LogP contribution in [0, 0.1) is 11.8 Å². The van der Waals surface area contributed by atoms with Gasteiger partial charge >= 0.3 is 5.97 Å². The smallest absolute Gasteiger partial charge is 0.310 e. The molecule has 5 atom stereocenters. The zero-order chi connectivity index (χ0) is 18.6. The molecule has 2 saturated heterocycles. The van der Waals surface area contributed by atoms with E-state index in [4.69, 9.17) is 4.74 Å². The normalized spacial score (nSPS) is 34.4. The minimum absolute atomic E-state index is 0.167. The molecule has 0 aromatic heterocycles. The van der Waals surface area contributed by atoms with Crippen molar-refractivity contribution in [1.29, 1.82) is 0 Å². The van der Waals surface area contributed by atoms with E-state index < -0.39 is 29.5 Å². The largest absolute Gasteiger partial charge is 0.481 e. The Morgan fingerprint density at radius 3 is 2.62 bits per heavy atom. The Morgan fingerprint density at radius 2 is 2.04 bits per heavy atom. The molecule has 2 fully saturated rings. The Labute approximate surface area is 152 Å². The number of fused-ring (bicyclic) bond motifs is 1. The Bertz CT molecular complexity index is 812. The molecule has 1 amide bonds. The fraction of sp³-hybridized carbons (Fsp3) is 0.429. The van der Waals surface area contributed by atoms with Crippen LogP contribution in [0.5, 0.6) is 0 Å². The number of ether oxygens (including phenoxy) is 1. The molecular weight excluding hydrogens is 330 g/mol. The van der Waals surface area contributed by atoms with Crippen LogP contribution in [0.1, 0.15) is 25.8 Å². The van der Waals surface area contributed by atoms with Gasteiger partial charge in [0.25, 0.3) is 0 Å². The molecule has 3 aliphatic heterocycles. The number of anilines is 1. The van der Waals surface area contributed by atoms with Gasteiger partial charge in [0, 0.05) is 5.69 Å². The molecule has 1 aromatic carbocycles. The van der Waals surface area contributed by atoms with Gasteiger partial charge in [-0.2, -0.15) is 0 Å². The van der Waals surface area contributed by atoms with Gasteiger partial charge in [-0.3, -0.25) is 9.59 Å². The number of rotatable bonds is 5. The van der Waals surface area contributed by atoms with Crippen LogP contribution in [0.25, 0.3) is 0 Å². The van der Waals surface area contributed by atoms with Crippen molar-refractivity contribution in [1.82, 2.24) is 0 Å². The first-order chi connectivity index (χ1) is 12.4. The molecule has 0 saturated carbocycles. The molecule has 1 spiro atoms. The fourth-order valence-corrected chi connectivity index (χ4v) is 4.71. The van der Waals surface area contributed by atoms with Gasteiger partial charge in [-0.1, -0.05) is 36.8 Å². The summed E-state index contributed by atoms with van der Waals surface area (Å²) in [5, 5.41) is 9.69. The summed E-state index contributed by atoms with van der Waals surface area (Å²) in [7, 11) is 0. The molecule has 5 nitrogen and oxygen atoms in total. The van der Waals surface area contributed by atoms with Gasteiger partial charge in [-0.15, -0.1) is 6.58 Å². The van der Waals surface area contributed by atoms with Crippen LogP contribution in [0.15, 0.2) is 48.6 Å². The van der Waals surface area contributed by atoms with Crippen molar-refractivity contribution >= 4 is 17.6 Å². The fourth-order valence-electron chi connectivity index (χ4n) is 4.71. The molecule has 26 heavy (non-hydrogen) atoms. The number of benzene rings is 1. The van der Waals surface area contributed by atoms with E-state index in [0.717, 1.165) is 17.7 Å². The van der Waals surface area contributed by atoms with Crippen molar-refractivity contribution in [3.05, 3.63) is 54.1 Å². The van der Waals surface area contributed by atoms with Crippen LogP contribution in [0.4, 0.5) is 5.69 Å². The molecule has 2 bridgehead atoms. The Hall–Kier alpha value is -2.40. The van der Waals surface area contributed by atoms with Crippen molar-refractivity contribution in [2.45, 2.75) is 44.4 Å². The van der Waals surface area contributed by atoms with Crippen molar-refractivity contribution < 1.29 is 19.4 Å². The Balaban J connectivity index is 1.81. The topological polar surface area (TPSA) is 66.8 Å². The second-order valence-corrected chi connectivity index (χ2v) is 7.54. The summed E-state index contributed by atoms with van der Waals surface area (Å²) in [4.78, 5) is 26.9. The van der Waals surface area contributed by atoms with E-state index in [0.29, 0.717) is 6.42 Å². The summed E-state index contributed by atoms with van der Waals surface area (Å²) in [6.07, 6.45) is 4.68. The maximum Gasteiger partial charge on any atom is 0.310 e. The lowest BCUT2D eigenvalue weighted by Gasteiger charge is -2.33. The molecule has 1 aromatic rings. The van der Waals surface area contributed by atoms with Gasteiger partial charge in [0.05, 0.1) is 18.1 Å². The average molecular weight is 353 g/mol. The summed E-state index contributed by atoms with van der Waals surface area (Å²) in [5.41, 5.74) is 2.03. The number of nitrogens with zero attached hydrogens (tertiary/aromatic N) is 1. The van der Waals surface area contributed by atoms with Crippen molar-refractivity contribution in [3.63, 3.8) is 0 Å². The molecule has 1 N–H and O–H groups in total. The number of amides is 1. The number of carbonyl (C=O) groups excluding carboxylic acids is 1. The third-order valence-electron chi connectivity index (χ3n) is 5.87. The summed E-state index contributed by atoms with van der Waals surface area (Å²) in [5.74, 6) is -2.66. The molecule has 136 valence electrons. The summed E-state index contributed by atoms with van der Waals surface area (Å²) >= 11 is 0. The van der Waals surface area contributed by atoms with Crippen LogP contribution < -0.4 is 4.90 Å². The number of aryl methyl sites for hydroxylation is 1. The molecule has 0 radical (unpaired) electrons. The second-order valence-electron chi connectivity index (χ2n) is 7.54. The molecule has 1 unspecified atom stereocenters. The van der Waals surface area contributed by atoms with Crippen molar-refractivity contribution in [2.24, 2.45) is 11.8 Å². The molecule has 3 heterocycles. The quantitative estimate of drug-likeness (QED) is 0.827. The minimum atomic E-state index is -0.975. The lowest BCUT2D eigenvalue weighted by molar-refractivity contribution is -0.146. The first-order valence-electron chi connectivity index (χ1n) is 9.05. The lowest BCUT2D eigenvalue weighted by Crippen LogP contribution is -2.45. The third kappa shape index (κ3) is 2.20. The molecule has 4 rings (SSSR count). The summed E-state index contributed by atoms with van der Waals surface area (Å²) in [6, 6.07) is 7.61. The number of hydrogen-bond acceptors (Lipinski definition) is 3. The van der Waals surface area contributed by atoms with E-state index in [9.17, 15) is 14.7 Å². The van der Waals surface area contributed by atoms with Crippen LogP contribution in [-0.2, 0) is 20.7 Å². The highest BCUT2D eigenvalue weighted by Crippen LogP contribution is 2.56. The average Bonchev–Trinajstić information content (AvgIpc) is 3.24. The number of carboxylic acids is 1. The zero-order valence-electron chi connectivity index (χ0n) is 15.0. The standard InChI is InChI=1S/C21H23NO4/c1-4-13-5-7-14(8-6-13)22-16(11-12(2)3)21-10-9-15(26-21)17(20(24)25)18(21)19(22)23/h5-10,15-18H,2,4,11H2,1,3H3,(H,24,25)/t15-,16?,17-,18+,21-/m1/s1. The predicted molar refractivity (Wildman–Crippen MR) is 97.9 cm³/mol. The van der Waals surface area contributed by atoms with Gasteiger partial charge in [0.2, 0.25) is 5.91 Å². The van der Waals surface area contributed by atoms with Gasteiger partial charge in [0.15, 0.2) is 0 Å². The van der Waals surface area contributed by atoms with Crippen LogP contribution in [-0.4, -0.2) is 34.7 Å². The second kappa shape index (κ2) is 5.81. The molecular formula is C21H23NO4. The SMILES string of the molecule is C=C(C)CC1N(c2ccc(CC)cc2)C(=O)[C@@H]2[C@H](C(=O)O)[C@H]3C=C[C@@]12O3. The maximum absolute atomic E-state index is 13.4. The van der Waals surface area contributed by atoms with Gasteiger partial charge < -0.3 is 14.7 Å². The summed E-state index contributed by atoms with van der Waals surface area (Å²) < 4.78 is 6.14. The van der Waals surface area contributed by atoms with E-state index in [1.54, 1.807) is 11.0 Å². The zero-order valence-corrected chi connectivity index (χ0v) is 15.0. The first kappa shape index (κ1) is 17.0. The van der Waals surface area contributed by atoms with Crippen LogP contribution in [0.2, 0.25) is 0 Å².